The second-order valence-corrected chi connectivity index (χ2v) is 8.40. The average Bonchev–Trinajstić information content (AvgIpc) is 3.20. The summed E-state index contributed by atoms with van der Waals surface area (Å²) in [6, 6.07) is 2.46. The Kier molecular flexibility index (Phi) is 5.73. The van der Waals surface area contributed by atoms with Crippen LogP contribution in [0.1, 0.15) is 49.5 Å². The molecule has 1 saturated carbocycles. The molecule has 6 heteroatoms. The molecule has 2 aromatic heterocycles. The first-order valence-corrected chi connectivity index (χ1v) is 10.0. The monoisotopic (exact) mass is 372 g/mol. The van der Waals surface area contributed by atoms with E-state index in [2.05, 4.69) is 35.2 Å². The van der Waals surface area contributed by atoms with Crippen molar-refractivity contribution < 1.29 is 5.11 Å². The molecule has 1 fully saturated rings. The molecule has 2 unspecified atom stereocenters. The van der Waals surface area contributed by atoms with E-state index in [1.807, 2.05) is 20.9 Å². The lowest BCUT2D eigenvalue weighted by atomic mass is 10.1. The number of amidine groups is 1. The van der Waals surface area contributed by atoms with Crippen molar-refractivity contribution in [2.45, 2.75) is 53.0 Å². The fraction of sp³-hybridized carbons (Fsp3) is 0.550. The van der Waals surface area contributed by atoms with Crippen LogP contribution in [0.3, 0.4) is 0 Å². The third-order valence-corrected chi connectivity index (χ3v) is 6.01. The van der Waals surface area contributed by atoms with Gasteiger partial charge in [-0.05, 0) is 58.9 Å². The van der Waals surface area contributed by atoms with Crippen molar-refractivity contribution in [3.05, 3.63) is 28.0 Å². The number of thiazole rings is 1. The highest BCUT2D eigenvalue weighted by molar-refractivity contribution is 7.19. The molecule has 3 rings (SSSR count). The Morgan fingerprint density at radius 2 is 2.08 bits per heavy atom. The lowest BCUT2D eigenvalue weighted by Crippen LogP contribution is -2.34. The summed E-state index contributed by atoms with van der Waals surface area (Å²) in [5, 5.41) is 14.0. The maximum atomic E-state index is 9.40. The van der Waals surface area contributed by atoms with E-state index in [0.717, 1.165) is 52.6 Å². The van der Waals surface area contributed by atoms with Crippen LogP contribution in [0.2, 0.25) is 0 Å². The summed E-state index contributed by atoms with van der Waals surface area (Å²) in [4.78, 5) is 14.0. The van der Waals surface area contributed by atoms with Crippen LogP contribution < -0.4 is 5.32 Å². The zero-order valence-corrected chi connectivity index (χ0v) is 17.1. The SMILES string of the molecule is CN=C(NC1CCC(CO)C1)C(=C(C)C)c1nc2c(C)nc(C)cc2s1. The van der Waals surface area contributed by atoms with E-state index < -0.39 is 0 Å². The van der Waals surface area contributed by atoms with Gasteiger partial charge in [-0.1, -0.05) is 5.57 Å². The first-order valence-electron chi connectivity index (χ1n) is 9.20. The highest BCUT2D eigenvalue weighted by Crippen LogP contribution is 2.32. The average molecular weight is 373 g/mol. The molecule has 0 amide bonds. The molecule has 2 heterocycles. The topological polar surface area (TPSA) is 70.4 Å². The van der Waals surface area contributed by atoms with Gasteiger partial charge in [-0.15, -0.1) is 11.3 Å². The first-order chi connectivity index (χ1) is 12.4. The van der Waals surface area contributed by atoms with Crippen molar-refractivity contribution in [3.63, 3.8) is 0 Å². The molecular weight excluding hydrogens is 344 g/mol. The van der Waals surface area contributed by atoms with Crippen LogP contribution >= 0.6 is 11.3 Å². The maximum absolute atomic E-state index is 9.40. The maximum Gasteiger partial charge on any atom is 0.131 e. The van der Waals surface area contributed by atoms with E-state index in [-0.39, 0.29) is 6.61 Å². The van der Waals surface area contributed by atoms with Crippen LogP contribution in [0.5, 0.6) is 0 Å². The van der Waals surface area contributed by atoms with E-state index in [1.54, 1.807) is 11.3 Å². The number of hydrogen-bond acceptors (Lipinski definition) is 5. The lowest BCUT2D eigenvalue weighted by molar-refractivity contribution is 0.228. The number of aliphatic hydroxyl groups is 1. The molecule has 0 saturated heterocycles. The Bertz CT molecular complexity index is 864. The van der Waals surface area contributed by atoms with Gasteiger partial charge in [-0.3, -0.25) is 9.98 Å². The van der Waals surface area contributed by atoms with Gasteiger partial charge in [0.05, 0.1) is 16.0 Å². The number of aliphatic hydroxyl groups excluding tert-OH is 1. The summed E-state index contributed by atoms with van der Waals surface area (Å²) in [5.41, 5.74) is 5.24. The summed E-state index contributed by atoms with van der Waals surface area (Å²) >= 11 is 1.70. The number of aliphatic imine (C=N–C) groups is 1. The minimum Gasteiger partial charge on any atom is -0.396 e. The lowest BCUT2D eigenvalue weighted by Gasteiger charge is -2.18. The van der Waals surface area contributed by atoms with Gasteiger partial charge in [-0.25, -0.2) is 4.98 Å². The van der Waals surface area contributed by atoms with Crippen LogP contribution in [0.4, 0.5) is 0 Å². The zero-order chi connectivity index (χ0) is 18.8. The minimum absolute atomic E-state index is 0.274. The first kappa shape index (κ1) is 19.0. The smallest absolute Gasteiger partial charge is 0.131 e. The van der Waals surface area contributed by atoms with Gasteiger partial charge in [0.2, 0.25) is 0 Å². The Balaban J connectivity index is 1.94. The number of nitrogens with one attached hydrogen (secondary N) is 1. The third-order valence-electron chi connectivity index (χ3n) is 4.99. The number of fused-ring (bicyclic) bond motifs is 1. The summed E-state index contributed by atoms with van der Waals surface area (Å²) in [7, 11) is 1.83. The van der Waals surface area contributed by atoms with Gasteiger partial charge < -0.3 is 10.4 Å². The predicted molar refractivity (Wildman–Crippen MR) is 110 cm³/mol. The molecule has 2 atom stereocenters. The quantitative estimate of drug-likeness (QED) is 0.631. The van der Waals surface area contributed by atoms with Gasteiger partial charge in [0.1, 0.15) is 16.4 Å². The van der Waals surface area contributed by atoms with Gasteiger partial charge >= 0.3 is 0 Å². The molecule has 26 heavy (non-hydrogen) atoms. The fourth-order valence-electron chi connectivity index (χ4n) is 3.70. The molecule has 5 nitrogen and oxygen atoms in total. The number of hydrogen-bond donors (Lipinski definition) is 2. The molecule has 1 aliphatic carbocycles. The van der Waals surface area contributed by atoms with Crippen LogP contribution in [-0.2, 0) is 0 Å². The van der Waals surface area contributed by atoms with Crippen LogP contribution in [0.15, 0.2) is 16.6 Å². The van der Waals surface area contributed by atoms with Crippen LogP contribution in [0.25, 0.3) is 15.8 Å². The van der Waals surface area contributed by atoms with E-state index in [4.69, 9.17) is 4.98 Å². The number of nitrogens with zero attached hydrogens (tertiary/aromatic N) is 3. The molecule has 0 spiro atoms. The molecule has 1 aliphatic rings. The Labute approximate surface area is 159 Å². The molecular formula is C20H28N4OS. The Morgan fingerprint density at radius 3 is 2.69 bits per heavy atom. The van der Waals surface area contributed by atoms with Crippen molar-refractivity contribution in [3.8, 4) is 0 Å². The van der Waals surface area contributed by atoms with Crippen molar-refractivity contribution in [1.82, 2.24) is 15.3 Å². The summed E-state index contributed by atoms with van der Waals surface area (Å²) in [6.45, 7) is 8.52. The van der Waals surface area contributed by atoms with Crippen LogP contribution in [-0.4, -0.2) is 40.6 Å². The van der Waals surface area contributed by atoms with Crippen molar-refractivity contribution >= 4 is 33.0 Å². The van der Waals surface area contributed by atoms with Gasteiger partial charge in [-0.2, -0.15) is 0 Å². The Hall–Kier alpha value is -1.79. The van der Waals surface area contributed by atoms with Gasteiger partial charge in [0.15, 0.2) is 0 Å². The minimum atomic E-state index is 0.274. The molecule has 0 aromatic carbocycles. The number of rotatable bonds is 4. The number of aromatic nitrogens is 2. The highest BCUT2D eigenvalue weighted by Gasteiger charge is 2.26. The molecule has 0 radical (unpaired) electrons. The molecule has 2 aromatic rings. The van der Waals surface area contributed by atoms with Crippen molar-refractivity contribution in [1.29, 1.82) is 0 Å². The van der Waals surface area contributed by atoms with Crippen molar-refractivity contribution in [2.75, 3.05) is 13.7 Å². The normalized spacial score (nSPS) is 20.6. The van der Waals surface area contributed by atoms with E-state index in [0.29, 0.717) is 12.0 Å². The fourth-order valence-corrected chi connectivity index (χ4v) is 4.97. The van der Waals surface area contributed by atoms with E-state index >= 15 is 0 Å². The van der Waals surface area contributed by atoms with Crippen molar-refractivity contribution in [2.24, 2.45) is 10.9 Å². The summed E-state index contributed by atoms with van der Waals surface area (Å²) < 4.78 is 1.17. The molecule has 2 N–H and O–H groups in total. The molecule has 0 aliphatic heterocycles. The Morgan fingerprint density at radius 1 is 1.31 bits per heavy atom. The second kappa shape index (κ2) is 7.84. The van der Waals surface area contributed by atoms with Gasteiger partial charge in [0.25, 0.3) is 0 Å². The summed E-state index contributed by atoms with van der Waals surface area (Å²) in [6.07, 6.45) is 3.14. The standard InChI is InChI=1S/C20H28N4OS/c1-11(2)17(19(21-5)23-15-7-6-14(9-15)10-25)20-24-18-13(4)22-12(3)8-16(18)26-20/h8,14-15,25H,6-7,9-10H2,1-5H3,(H,21,23). The number of allylic oxidation sites excluding steroid dienone is 1. The van der Waals surface area contributed by atoms with E-state index in [1.165, 1.54) is 10.3 Å². The van der Waals surface area contributed by atoms with Gasteiger partial charge in [0, 0.05) is 25.4 Å². The summed E-state index contributed by atoms with van der Waals surface area (Å²) in [5.74, 6) is 1.30. The molecule has 0 bridgehead atoms. The predicted octanol–water partition coefficient (Wildman–Crippen LogP) is 3.88. The van der Waals surface area contributed by atoms with E-state index in [9.17, 15) is 5.11 Å². The highest BCUT2D eigenvalue weighted by atomic mass is 32.1. The molecule has 140 valence electrons. The second-order valence-electron chi connectivity index (χ2n) is 7.36. The third kappa shape index (κ3) is 3.81. The number of pyridine rings is 1. The van der Waals surface area contributed by atoms with Crippen LogP contribution in [0, 0.1) is 19.8 Å². The largest absolute Gasteiger partial charge is 0.396 e. The zero-order valence-electron chi connectivity index (χ0n) is 16.3. The number of aryl methyl sites for hydroxylation is 2.